The Labute approximate surface area is 134 Å². The molecular formula is C16H18ClN3S. The van der Waals surface area contributed by atoms with Gasteiger partial charge in [0.25, 0.3) is 0 Å². The fourth-order valence-electron chi connectivity index (χ4n) is 2.52. The summed E-state index contributed by atoms with van der Waals surface area (Å²) in [6.45, 7) is 3.08. The van der Waals surface area contributed by atoms with Gasteiger partial charge in [-0.3, -0.25) is 4.90 Å². The normalized spacial score (nSPS) is 16.0. The van der Waals surface area contributed by atoms with Crippen LogP contribution in [0.1, 0.15) is 16.1 Å². The second-order valence-electron chi connectivity index (χ2n) is 5.18. The van der Waals surface area contributed by atoms with Gasteiger partial charge in [0.05, 0.1) is 5.69 Å². The van der Waals surface area contributed by atoms with Gasteiger partial charge in [0.2, 0.25) is 0 Å². The number of thiazole rings is 1. The summed E-state index contributed by atoms with van der Waals surface area (Å²) >= 11 is 7.52. The van der Waals surface area contributed by atoms with Crippen LogP contribution in [0.5, 0.6) is 0 Å². The lowest BCUT2D eigenvalue weighted by atomic mass is 10.2. The van der Waals surface area contributed by atoms with Gasteiger partial charge in [-0.15, -0.1) is 11.3 Å². The summed E-state index contributed by atoms with van der Waals surface area (Å²) in [5.74, 6) is 0. The zero-order valence-electron chi connectivity index (χ0n) is 11.8. The van der Waals surface area contributed by atoms with E-state index in [1.165, 1.54) is 16.1 Å². The van der Waals surface area contributed by atoms with Gasteiger partial charge in [0, 0.05) is 36.0 Å². The largest absolute Gasteiger partial charge is 0.375 e. The summed E-state index contributed by atoms with van der Waals surface area (Å²) < 4.78 is 0. The third kappa shape index (κ3) is 3.84. The van der Waals surface area contributed by atoms with Crippen LogP contribution in [0.15, 0.2) is 30.3 Å². The fourth-order valence-corrected chi connectivity index (χ4v) is 3.52. The minimum absolute atomic E-state index is 0.705. The Bertz CT molecular complexity index is 608. The smallest absolute Gasteiger partial charge is 0.180 e. The van der Waals surface area contributed by atoms with Crippen molar-refractivity contribution in [1.82, 2.24) is 9.88 Å². The maximum absolute atomic E-state index is 5.88. The average molecular weight is 320 g/mol. The van der Waals surface area contributed by atoms with Crippen LogP contribution in [0.2, 0.25) is 5.02 Å². The molecule has 0 fully saturated rings. The van der Waals surface area contributed by atoms with Crippen molar-refractivity contribution in [2.24, 2.45) is 0 Å². The van der Waals surface area contributed by atoms with Crippen molar-refractivity contribution in [2.45, 2.75) is 12.8 Å². The lowest BCUT2D eigenvalue weighted by Gasteiger charge is -2.17. The topological polar surface area (TPSA) is 42.1 Å². The fraction of sp³-hybridized carbons (Fsp3) is 0.312. The molecule has 1 aromatic carbocycles. The zero-order valence-corrected chi connectivity index (χ0v) is 13.3. The monoisotopic (exact) mass is 319 g/mol. The molecule has 21 heavy (non-hydrogen) atoms. The molecule has 0 bridgehead atoms. The van der Waals surface area contributed by atoms with Crippen molar-refractivity contribution in [3.05, 3.63) is 51.5 Å². The Balaban J connectivity index is 1.55. The van der Waals surface area contributed by atoms with Crippen LogP contribution >= 0.6 is 22.9 Å². The van der Waals surface area contributed by atoms with Gasteiger partial charge in [-0.05, 0) is 24.1 Å². The van der Waals surface area contributed by atoms with E-state index in [0.717, 1.165) is 37.5 Å². The van der Waals surface area contributed by atoms with Crippen molar-refractivity contribution < 1.29 is 0 Å². The minimum Gasteiger partial charge on any atom is -0.375 e. The molecule has 0 atom stereocenters. The predicted octanol–water partition coefficient (Wildman–Crippen LogP) is 3.49. The molecule has 110 valence electrons. The van der Waals surface area contributed by atoms with Crippen LogP contribution in [0.3, 0.4) is 0 Å². The molecule has 0 radical (unpaired) electrons. The van der Waals surface area contributed by atoms with E-state index in [-0.39, 0.29) is 0 Å². The lowest BCUT2D eigenvalue weighted by molar-refractivity contribution is 0.318. The molecule has 3 nitrogen and oxygen atoms in total. The first kappa shape index (κ1) is 14.6. The highest BCUT2D eigenvalue weighted by molar-refractivity contribution is 7.15. The number of nitrogens with two attached hydrogens (primary N) is 1. The second kappa shape index (κ2) is 6.60. The van der Waals surface area contributed by atoms with Crippen LogP contribution in [-0.4, -0.2) is 29.5 Å². The predicted molar refractivity (Wildman–Crippen MR) is 90.9 cm³/mol. The molecule has 0 amide bonds. The first-order valence-electron chi connectivity index (χ1n) is 7.09. The van der Waals surface area contributed by atoms with Crippen LogP contribution in [0, 0.1) is 0 Å². The highest BCUT2D eigenvalue weighted by atomic mass is 35.5. The Morgan fingerprint density at radius 3 is 2.81 bits per heavy atom. The molecule has 2 heterocycles. The molecule has 1 aliphatic rings. The highest BCUT2D eigenvalue weighted by Gasteiger charge is 2.16. The van der Waals surface area contributed by atoms with Crippen LogP contribution in [0.4, 0.5) is 5.13 Å². The van der Waals surface area contributed by atoms with E-state index in [1.807, 2.05) is 24.3 Å². The maximum atomic E-state index is 5.88. The first-order chi connectivity index (χ1) is 10.2. The summed E-state index contributed by atoms with van der Waals surface area (Å²) in [5, 5.41) is 1.48. The first-order valence-corrected chi connectivity index (χ1v) is 8.28. The second-order valence-corrected chi connectivity index (χ2v) is 6.73. The quantitative estimate of drug-likeness (QED) is 0.941. The van der Waals surface area contributed by atoms with Gasteiger partial charge in [-0.25, -0.2) is 4.98 Å². The van der Waals surface area contributed by atoms with E-state index in [0.29, 0.717) is 5.13 Å². The molecule has 1 aromatic heterocycles. The third-order valence-electron chi connectivity index (χ3n) is 3.66. The molecule has 0 aliphatic carbocycles. The molecule has 2 N–H and O–H groups in total. The number of halogens is 1. The Morgan fingerprint density at radius 2 is 2.00 bits per heavy atom. The third-order valence-corrected chi connectivity index (χ3v) is 4.90. The molecular weight excluding hydrogens is 302 g/mol. The molecule has 0 saturated heterocycles. The number of fused-ring (bicyclic) bond motifs is 1. The Kier molecular flexibility index (Phi) is 4.58. The van der Waals surface area contributed by atoms with Gasteiger partial charge >= 0.3 is 0 Å². The van der Waals surface area contributed by atoms with Crippen molar-refractivity contribution >= 4 is 34.1 Å². The van der Waals surface area contributed by atoms with Gasteiger partial charge in [0.1, 0.15) is 0 Å². The van der Waals surface area contributed by atoms with Crippen LogP contribution in [-0.2, 0) is 12.8 Å². The van der Waals surface area contributed by atoms with Crippen molar-refractivity contribution in [3.8, 4) is 0 Å². The number of anilines is 1. The molecule has 1 aliphatic heterocycles. The van der Waals surface area contributed by atoms with Crippen molar-refractivity contribution in [1.29, 1.82) is 0 Å². The minimum atomic E-state index is 0.705. The number of hydrogen-bond acceptors (Lipinski definition) is 4. The molecule has 2 aromatic rings. The average Bonchev–Trinajstić information content (AvgIpc) is 2.73. The number of aromatic nitrogens is 1. The SMILES string of the molecule is Nc1nc2c(s1)CCN(C/C=C/c1ccc(Cl)cc1)CC2. The van der Waals surface area contributed by atoms with E-state index < -0.39 is 0 Å². The Hall–Kier alpha value is -1.36. The lowest BCUT2D eigenvalue weighted by Crippen LogP contribution is -2.26. The van der Waals surface area contributed by atoms with Gasteiger partial charge in [0.15, 0.2) is 5.13 Å². The molecule has 5 heteroatoms. The summed E-state index contributed by atoms with van der Waals surface area (Å²) in [5.41, 5.74) is 8.15. The van der Waals surface area contributed by atoms with E-state index in [4.69, 9.17) is 17.3 Å². The van der Waals surface area contributed by atoms with E-state index in [9.17, 15) is 0 Å². The van der Waals surface area contributed by atoms with Crippen LogP contribution < -0.4 is 5.73 Å². The maximum Gasteiger partial charge on any atom is 0.180 e. The summed E-state index contributed by atoms with van der Waals surface area (Å²) in [6, 6.07) is 7.90. The molecule has 0 saturated carbocycles. The van der Waals surface area contributed by atoms with Crippen molar-refractivity contribution in [3.63, 3.8) is 0 Å². The summed E-state index contributed by atoms with van der Waals surface area (Å²) in [4.78, 5) is 8.23. The number of nitrogens with zero attached hydrogens (tertiary/aromatic N) is 2. The standard InChI is InChI=1S/C16H18ClN3S/c17-13-5-3-12(4-6-13)2-1-9-20-10-7-14-15(8-11-20)21-16(18)19-14/h1-6H,7-11H2,(H2,18,19)/b2-1+. The summed E-state index contributed by atoms with van der Waals surface area (Å²) in [6.07, 6.45) is 6.41. The number of benzene rings is 1. The Morgan fingerprint density at radius 1 is 1.24 bits per heavy atom. The number of hydrogen-bond donors (Lipinski definition) is 1. The van der Waals surface area contributed by atoms with Crippen molar-refractivity contribution in [2.75, 3.05) is 25.4 Å². The van der Waals surface area contributed by atoms with E-state index in [1.54, 1.807) is 11.3 Å². The van der Waals surface area contributed by atoms with E-state index >= 15 is 0 Å². The number of nitrogen functional groups attached to an aromatic ring is 1. The zero-order chi connectivity index (χ0) is 14.7. The summed E-state index contributed by atoms with van der Waals surface area (Å²) in [7, 11) is 0. The van der Waals surface area contributed by atoms with Gasteiger partial charge in [-0.2, -0.15) is 0 Å². The molecule has 0 spiro atoms. The highest BCUT2D eigenvalue weighted by Crippen LogP contribution is 2.24. The van der Waals surface area contributed by atoms with Gasteiger partial charge < -0.3 is 5.73 Å². The van der Waals surface area contributed by atoms with Gasteiger partial charge in [-0.1, -0.05) is 35.9 Å². The molecule has 0 unspecified atom stereocenters. The van der Waals surface area contributed by atoms with Crippen LogP contribution in [0.25, 0.3) is 6.08 Å². The number of rotatable bonds is 3. The van der Waals surface area contributed by atoms with E-state index in [2.05, 4.69) is 22.0 Å². The molecule has 3 rings (SSSR count).